The van der Waals surface area contributed by atoms with E-state index in [1.165, 1.54) is 0 Å². The van der Waals surface area contributed by atoms with Crippen molar-refractivity contribution in [1.29, 1.82) is 0 Å². The van der Waals surface area contributed by atoms with Crippen molar-refractivity contribution in [2.45, 2.75) is 12.8 Å². The van der Waals surface area contributed by atoms with E-state index in [1.54, 1.807) is 24.4 Å². The molecule has 2 aromatic rings. The largest absolute Gasteiger partial charge is 0.454 e. The summed E-state index contributed by atoms with van der Waals surface area (Å²) in [5.74, 6) is 1.07. The molecule has 0 fully saturated rings. The number of rotatable bonds is 4. The number of amides is 1. The van der Waals surface area contributed by atoms with E-state index in [0.717, 1.165) is 5.56 Å². The van der Waals surface area contributed by atoms with Crippen LogP contribution in [0.2, 0.25) is 0 Å². The molecule has 1 unspecified atom stereocenters. The molecular formula is C17H16N2O3. The van der Waals surface area contributed by atoms with E-state index in [-0.39, 0.29) is 18.6 Å². The SMILES string of the molecule is CC(/C=N\NC(=O)c1ccc2c(c1)OCO2)c1ccccc1. The summed E-state index contributed by atoms with van der Waals surface area (Å²) in [7, 11) is 0. The minimum Gasteiger partial charge on any atom is -0.454 e. The molecule has 0 radical (unpaired) electrons. The lowest BCUT2D eigenvalue weighted by atomic mass is 10.0. The van der Waals surface area contributed by atoms with E-state index in [0.29, 0.717) is 17.1 Å². The molecule has 1 aliphatic heterocycles. The summed E-state index contributed by atoms with van der Waals surface area (Å²) in [6.07, 6.45) is 1.71. The summed E-state index contributed by atoms with van der Waals surface area (Å²) < 4.78 is 10.5. The lowest BCUT2D eigenvalue weighted by Crippen LogP contribution is -2.18. The Morgan fingerprint density at radius 1 is 1.18 bits per heavy atom. The molecule has 1 aliphatic rings. The number of hydrogen-bond acceptors (Lipinski definition) is 4. The van der Waals surface area contributed by atoms with Crippen molar-refractivity contribution in [1.82, 2.24) is 5.43 Å². The van der Waals surface area contributed by atoms with E-state index in [1.807, 2.05) is 37.3 Å². The topological polar surface area (TPSA) is 59.9 Å². The molecular weight excluding hydrogens is 280 g/mol. The Labute approximate surface area is 128 Å². The molecule has 0 bridgehead atoms. The molecule has 2 aromatic carbocycles. The average molecular weight is 296 g/mol. The average Bonchev–Trinajstić information content (AvgIpc) is 3.03. The summed E-state index contributed by atoms with van der Waals surface area (Å²) in [4.78, 5) is 12.0. The van der Waals surface area contributed by atoms with Crippen molar-refractivity contribution in [3.05, 3.63) is 59.7 Å². The van der Waals surface area contributed by atoms with Crippen LogP contribution in [0.4, 0.5) is 0 Å². The highest BCUT2D eigenvalue weighted by molar-refractivity contribution is 5.95. The highest BCUT2D eigenvalue weighted by atomic mass is 16.7. The second kappa shape index (κ2) is 6.30. The van der Waals surface area contributed by atoms with Gasteiger partial charge in [0.05, 0.1) is 0 Å². The predicted molar refractivity (Wildman–Crippen MR) is 83.4 cm³/mol. The maximum atomic E-state index is 12.0. The van der Waals surface area contributed by atoms with Gasteiger partial charge in [-0.15, -0.1) is 0 Å². The van der Waals surface area contributed by atoms with Gasteiger partial charge >= 0.3 is 0 Å². The Morgan fingerprint density at radius 3 is 2.77 bits per heavy atom. The van der Waals surface area contributed by atoms with Crippen LogP contribution in [0.15, 0.2) is 53.6 Å². The van der Waals surface area contributed by atoms with E-state index in [4.69, 9.17) is 9.47 Å². The quantitative estimate of drug-likeness (QED) is 0.697. The molecule has 22 heavy (non-hydrogen) atoms. The van der Waals surface area contributed by atoms with E-state index in [9.17, 15) is 4.79 Å². The van der Waals surface area contributed by atoms with Gasteiger partial charge in [0.1, 0.15) is 0 Å². The van der Waals surface area contributed by atoms with Crippen LogP contribution in [0.3, 0.4) is 0 Å². The summed E-state index contributed by atoms with van der Waals surface area (Å²) in [6.45, 7) is 2.21. The number of carbonyl (C=O) groups is 1. The first-order chi connectivity index (χ1) is 10.7. The van der Waals surface area contributed by atoms with Crippen LogP contribution >= 0.6 is 0 Å². The number of hydrazone groups is 1. The number of benzene rings is 2. The predicted octanol–water partition coefficient (Wildman–Crippen LogP) is 2.93. The fourth-order valence-corrected chi connectivity index (χ4v) is 2.15. The molecule has 1 heterocycles. The van der Waals surface area contributed by atoms with Crippen LogP contribution in [-0.2, 0) is 0 Å². The number of nitrogens with zero attached hydrogens (tertiary/aromatic N) is 1. The second-order valence-corrected chi connectivity index (χ2v) is 4.99. The molecule has 1 atom stereocenters. The maximum absolute atomic E-state index is 12.0. The zero-order valence-electron chi connectivity index (χ0n) is 12.2. The Kier molecular flexibility index (Phi) is 4.05. The molecule has 0 saturated carbocycles. The molecule has 5 nitrogen and oxygen atoms in total. The van der Waals surface area contributed by atoms with Crippen molar-refractivity contribution in [2.24, 2.45) is 5.10 Å². The Balaban J connectivity index is 1.61. The third kappa shape index (κ3) is 3.09. The first-order valence-corrected chi connectivity index (χ1v) is 7.02. The molecule has 0 aromatic heterocycles. The minimum absolute atomic E-state index is 0.123. The standard InChI is InChI=1S/C17H16N2O3/c1-12(13-5-3-2-4-6-13)10-18-19-17(20)14-7-8-15-16(9-14)22-11-21-15/h2-10,12H,11H2,1H3,(H,19,20)/b18-10-. The first-order valence-electron chi connectivity index (χ1n) is 7.02. The van der Waals surface area contributed by atoms with E-state index in [2.05, 4.69) is 10.5 Å². The van der Waals surface area contributed by atoms with Crippen molar-refractivity contribution in [2.75, 3.05) is 6.79 Å². The minimum atomic E-state index is -0.283. The van der Waals surface area contributed by atoms with Crippen molar-refractivity contribution >= 4 is 12.1 Å². The van der Waals surface area contributed by atoms with Gasteiger partial charge in [-0.05, 0) is 23.8 Å². The number of hydrogen-bond donors (Lipinski definition) is 1. The normalized spacial score (nSPS) is 14.0. The van der Waals surface area contributed by atoms with E-state index >= 15 is 0 Å². The highest BCUT2D eigenvalue weighted by Crippen LogP contribution is 2.32. The Hall–Kier alpha value is -2.82. The van der Waals surface area contributed by atoms with Gasteiger partial charge in [0.15, 0.2) is 11.5 Å². The van der Waals surface area contributed by atoms with Crippen LogP contribution in [0.5, 0.6) is 11.5 Å². The van der Waals surface area contributed by atoms with E-state index < -0.39 is 0 Å². The Morgan fingerprint density at radius 2 is 1.95 bits per heavy atom. The fourth-order valence-electron chi connectivity index (χ4n) is 2.15. The summed E-state index contributed by atoms with van der Waals surface area (Å²) in [5.41, 5.74) is 4.15. The molecule has 1 amide bonds. The molecule has 1 N–H and O–H groups in total. The molecule has 112 valence electrons. The third-order valence-electron chi connectivity index (χ3n) is 3.42. The molecule has 0 spiro atoms. The van der Waals surface area contributed by atoms with Crippen LogP contribution in [-0.4, -0.2) is 18.9 Å². The van der Waals surface area contributed by atoms with Gasteiger partial charge in [0.2, 0.25) is 6.79 Å². The van der Waals surface area contributed by atoms with Gasteiger partial charge in [-0.2, -0.15) is 5.10 Å². The zero-order valence-corrected chi connectivity index (χ0v) is 12.2. The lowest BCUT2D eigenvalue weighted by molar-refractivity contribution is 0.0954. The lowest BCUT2D eigenvalue weighted by Gasteiger charge is -2.05. The number of ether oxygens (including phenoxy) is 2. The van der Waals surface area contributed by atoms with Gasteiger partial charge in [0.25, 0.3) is 5.91 Å². The van der Waals surface area contributed by atoms with Gasteiger partial charge in [0, 0.05) is 17.7 Å². The smallest absolute Gasteiger partial charge is 0.271 e. The third-order valence-corrected chi connectivity index (χ3v) is 3.42. The van der Waals surface area contributed by atoms with Crippen molar-refractivity contribution in [3.63, 3.8) is 0 Å². The molecule has 0 aliphatic carbocycles. The number of nitrogens with one attached hydrogen (secondary N) is 1. The molecule has 3 rings (SSSR count). The summed E-state index contributed by atoms with van der Waals surface area (Å²) in [5, 5.41) is 4.02. The monoisotopic (exact) mass is 296 g/mol. The summed E-state index contributed by atoms with van der Waals surface area (Å²) in [6, 6.07) is 15.0. The highest BCUT2D eigenvalue weighted by Gasteiger charge is 2.15. The van der Waals surface area contributed by atoms with Gasteiger partial charge in [-0.25, -0.2) is 5.43 Å². The maximum Gasteiger partial charge on any atom is 0.271 e. The molecule has 5 heteroatoms. The Bertz CT molecular complexity index is 698. The number of fused-ring (bicyclic) bond motifs is 1. The fraction of sp³-hybridized carbons (Fsp3) is 0.176. The molecule has 0 saturated heterocycles. The van der Waals surface area contributed by atoms with Crippen LogP contribution in [0.25, 0.3) is 0 Å². The zero-order chi connectivity index (χ0) is 15.4. The van der Waals surface area contributed by atoms with Crippen LogP contribution in [0, 0.1) is 0 Å². The van der Waals surface area contributed by atoms with Gasteiger partial charge in [-0.3, -0.25) is 4.79 Å². The first kappa shape index (κ1) is 14.1. The number of carbonyl (C=O) groups excluding carboxylic acids is 1. The van der Waals surface area contributed by atoms with Gasteiger partial charge in [-0.1, -0.05) is 37.3 Å². The van der Waals surface area contributed by atoms with Crippen molar-refractivity contribution < 1.29 is 14.3 Å². The van der Waals surface area contributed by atoms with Crippen LogP contribution in [0.1, 0.15) is 28.8 Å². The summed E-state index contributed by atoms with van der Waals surface area (Å²) >= 11 is 0. The van der Waals surface area contributed by atoms with Crippen molar-refractivity contribution in [3.8, 4) is 11.5 Å². The van der Waals surface area contributed by atoms with Crippen LogP contribution < -0.4 is 14.9 Å². The van der Waals surface area contributed by atoms with Gasteiger partial charge < -0.3 is 9.47 Å². The second-order valence-electron chi connectivity index (χ2n) is 4.99.